The van der Waals surface area contributed by atoms with Gasteiger partial charge in [0.05, 0.1) is 0 Å². The molecule has 0 bridgehead atoms. The molecule has 0 amide bonds. The van der Waals surface area contributed by atoms with Gasteiger partial charge in [-0.05, 0) is 13.3 Å². The molecule has 0 fully saturated rings. The van der Waals surface area contributed by atoms with Crippen LogP contribution in [0.15, 0.2) is 6.33 Å². The lowest BCUT2D eigenvalue weighted by atomic mass is 10.2. The molecular weight excluding hydrogens is 186 g/mol. The third-order valence-electron chi connectivity index (χ3n) is 2.06. The molecule has 0 aromatic carbocycles. The Morgan fingerprint density at radius 1 is 1.38 bits per heavy atom. The van der Waals surface area contributed by atoms with Gasteiger partial charge in [0.1, 0.15) is 17.3 Å². The van der Waals surface area contributed by atoms with Gasteiger partial charge in [-0.1, -0.05) is 18.5 Å². The molecule has 0 saturated carbocycles. The van der Waals surface area contributed by atoms with Gasteiger partial charge in [0.15, 0.2) is 0 Å². The normalized spacial score (nSPS) is 10.2. The third-order valence-corrected chi connectivity index (χ3v) is 2.39. The molecule has 13 heavy (non-hydrogen) atoms. The molecule has 0 aliphatic heterocycles. The van der Waals surface area contributed by atoms with Crippen molar-refractivity contribution < 1.29 is 0 Å². The molecule has 72 valence electrons. The lowest BCUT2D eigenvalue weighted by Crippen LogP contribution is -2.19. The fourth-order valence-corrected chi connectivity index (χ4v) is 1.43. The average Bonchev–Trinajstić information content (AvgIpc) is 2.16. The van der Waals surface area contributed by atoms with E-state index >= 15 is 0 Å². The Kier molecular flexibility index (Phi) is 3.48. The van der Waals surface area contributed by atoms with Crippen molar-refractivity contribution in [2.24, 2.45) is 0 Å². The van der Waals surface area contributed by atoms with Crippen LogP contribution in [0.5, 0.6) is 0 Å². The Hall–Kier alpha value is -0.830. The number of halogens is 1. The van der Waals surface area contributed by atoms with Gasteiger partial charge in [-0.15, -0.1) is 0 Å². The summed E-state index contributed by atoms with van der Waals surface area (Å²) in [6, 6.07) is 0. The van der Waals surface area contributed by atoms with E-state index < -0.39 is 0 Å². The van der Waals surface area contributed by atoms with Crippen LogP contribution in [0.4, 0.5) is 5.82 Å². The van der Waals surface area contributed by atoms with Crippen LogP contribution in [0.3, 0.4) is 0 Å². The van der Waals surface area contributed by atoms with E-state index in [0.29, 0.717) is 5.15 Å². The summed E-state index contributed by atoms with van der Waals surface area (Å²) in [5, 5.41) is 0.563. The highest BCUT2D eigenvalue weighted by Crippen LogP contribution is 2.22. The first-order valence-electron chi connectivity index (χ1n) is 4.41. The van der Waals surface area contributed by atoms with E-state index in [4.69, 9.17) is 11.6 Å². The molecule has 0 aliphatic carbocycles. The van der Waals surface area contributed by atoms with Crippen molar-refractivity contribution in [1.82, 2.24) is 9.97 Å². The van der Waals surface area contributed by atoms with Gasteiger partial charge in [0, 0.05) is 19.2 Å². The molecule has 1 rings (SSSR count). The molecule has 0 spiro atoms. The van der Waals surface area contributed by atoms with Crippen molar-refractivity contribution in [3.05, 3.63) is 17.0 Å². The quantitative estimate of drug-likeness (QED) is 0.699. The maximum Gasteiger partial charge on any atom is 0.137 e. The predicted molar refractivity (Wildman–Crippen MR) is 55.4 cm³/mol. The molecule has 4 heteroatoms. The van der Waals surface area contributed by atoms with E-state index in [-0.39, 0.29) is 0 Å². The molecule has 1 heterocycles. The van der Waals surface area contributed by atoms with Crippen LogP contribution in [-0.2, 0) is 6.42 Å². The fourth-order valence-electron chi connectivity index (χ4n) is 1.17. The van der Waals surface area contributed by atoms with Crippen LogP contribution in [0.1, 0.15) is 19.4 Å². The summed E-state index contributed by atoms with van der Waals surface area (Å²) in [6.45, 7) is 5.05. The maximum absolute atomic E-state index is 5.95. The van der Waals surface area contributed by atoms with Gasteiger partial charge >= 0.3 is 0 Å². The molecule has 0 unspecified atom stereocenters. The van der Waals surface area contributed by atoms with E-state index in [0.717, 1.165) is 24.3 Å². The molecule has 0 radical (unpaired) electrons. The number of rotatable bonds is 3. The zero-order valence-electron chi connectivity index (χ0n) is 8.21. The van der Waals surface area contributed by atoms with Crippen LogP contribution < -0.4 is 4.90 Å². The van der Waals surface area contributed by atoms with Gasteiger partial charge in [0.25, 0.3) is 0 Å². The average molecular weight is 200 g/mol. The van der Waals surface area contributed by atoms with Crippen molar-refractivity contribution in [1.29, 1.82) is 0 Å². The smallest absolute Gasteiger partial charge is 0.137 e. The van der Waals surface area contributed by atoms with Gasteiger partial charge in [-0.2, -0.15) is 0 Å². The van der Waals surface area contributed by atoms with Crippen LogP contribution in [0.2, 0.25) is 5.15 Å². The summed E-state index contributed by atoms with van der Waals surface area (Å²) < 4.78 is 0. The van der Waals surface area contributed by atoms with Crippen LogP contribution in [-0.4, -0.2) is 23.6 Å². The second-order valence-corrected chi connectivity index (χ2v) is 3.19. The van der Waals surface area contributed by atoms with Gasteiger partial charge < -0.3 is 4.90 Å². The topological polar surface area (TPSA) is 29.0 Å². The second kappa shape index (κ2) is 4.42. The van der Waals surface area contributed by atoms with E-state index in [9.17, 15) is 0 Å². The highest BCUT2D eigenvalue weighted by Gasteiger charge is 2.10. The van der Waals surface area contributed by atoms with Gasteiger partial charge in [-0.3, -0.25) is 0 Å². The molecular formula is C9H14ClN3. The summed E-state index contributed by atoms with van der Waals surface area (Å²) in [6.07, 6.45) is 2.36. The minimum atomic E-state index is 0.563. The zero-order valence-corrected chi connectivity index (χ0v) is 8.97. The molecule has 1 aromatic rings. The number of hydrogen-bond acceptors (Lipinski definition) is 3. The molecule has 0 aliphatic rings. The summed E-state index contributed by atoms with van der Waals surface area (Å²) >= 11 is 5.95. The summed E-state index contributed by atoms with van der Waals surface area (Å²) in [5.41, 5.74) is 1.02. The molecule has 3 nitrogen and oxygen atoms in total. The highest BCUT2D eigenvalue weighted by molar-refractivity contribution is 6.30. The standard InChI is InChI=1S/C9H14ClN3/c1-4-7-8(10)11-6-12-9(7)13(3)5-2/h6H,4-5H2,1-3H3. The lowest BCUT2D eigenvalue weighted by Gasteiger charge is -2.18. The van der Waals surface area contributed by atoms with E-state index in [2.05, 4.69) is 28.7 Å². The minimum absolute atomic E-state index is 0.563. The lowest BCUT2D eigenvalue weighted by molar-refractivity contribution is 0.901. The Labute approximate surface area is 83.8 Å². The van der Waals surface area contributed by atoms with Crippen molar-refractivity contribution in [3.63, 3.8) is 0 Å². The van der Waals surface area contributed by atoms with Crippen LogP contribution >= 0.6 is 11.6 Å². The number of hydrogen-bond donors (Lipinski definition) is 0. The van der Waals surface area contributed by atoms with E-state index in [1.165, 1.54) is 6.33 Å². The van der Waals surface area contributed by atoms with Crippen molar-refractivity contribution in [2.45, 2.75) is 20.3 Å². The monoisotopic (exact) mass is 199 g/mol. The SMILES string of the molecule is CCc1c(Cl)ncnc1N(C)CC. The van der Waals surface area contributed by atoms with Crippen LogP contribution in [0.25, 0.3) is 0 Å². The first-order valence-corrected chi connectivity index (χ1v) is 4.79. The largest absolute Gasteiger partial charge is 0.360 e. The molecule has 0 N–H and O–H groups in total. The Bertz CT molecular complexity index is 288. The maximum atomic E-state index is 5.95. The Morgan fingerprint density at radius 3 is 2.62 bits per heavy atom. The molecule has 1 aromatic heterocycles. The first-order chi connectivity index (χ1) is 6.20. The van der Waals surface area contributed by atoms with Crippen molar-refractivity contribution in [2.75, 3.05) is 18.5 Å². The van der Waals surface area contributed by atoms with Crippen molar-refractivity contribution in [3.8, 4) is 0 Å². The number of aromatic nitrogens is 2. The zero-order chi connectivity index (χ0) is 9.84. The summed E-state index contributed by atoms with van der Waals surface area (Å²) in [7, 11) is 2.00. The summed E-state index contributed by atoms with van der Waals surface area (Å²) in [4.78, 5) is 10.2. The number of anilines is 1. The highest BCUT2D eigenvalue weighted by atomic mass is 35.5. The van der Waals surface area contributed by atoms with E-state index in [1.807, 2.05) is 7.05 Å². The van der Waals surface area contributed by atoms with Crippen LogP contribution in [0, 0.1) is 0 Å². The molecule has 0 saturated heterocycles. The number of nitrogens with zero attached hydrogens (tertiary/aromatic N) is 3. The minimum Gasteiger partial charge on any atom is -0.360 e. The van der Waals surface area contributed by atoms with E-state index in [1.54, 1.807) is 0 Å². The van der Waals surface area contributed by atoms with Gasteiger partial charge in [0.2, 0.25) is 0 Å². The third kappa shape index (κ3) is 2.10. The molecule has 0 atom stereocenters. The second-order valence-electron chi connectivity index (χ2n) is 2.83. The fraction of sp³-hybridized carbons (Fsp3) is 0.556. The van der Waals surface area contributed by atoms with Gasteiger partial charge in [-0.25, -0.2) is 9.97 Å². The first kappa shape index (κ1) is 10.3. The Balaban J connectivity index is 3.12. The Morgan fingerprint density at radius 2 is 2.08 bits per heavy atom. The van der Waals surface area contributed by atoms with Crippen molar-refractivity contribution >= 4 is 17.4 Å². The summed E-state index contributed by atoms with van der Waals surface area (Å²) in [5.74, 6) is 0.935. The predicted octanol–water partition coefficient (Wildman–Crippen LogP) is 2.15.